The monoisotopic (exact) mass is 238 g/mol. The molecule has 4 nitrogen and oxygen atoms in total. The van der Waals surface area contributed by atoms with Crippen LogP contribution in [0.3, 0.4) is 0 Å². The minimum atomic E-state index is -1.41. The summed E-state index contributed by atoms with van der Waals surface area (Å²) < 4.78 is 13.4. The van der Waals surface area contributed by atoms with Crippen molar-refractivity contribution in [2.75, 3.05) is 5.01 Å². The maximum absolute atomic E-state index is 13.4. The Bertz CT molecular complexity index is 427. The molecule has 2 rings (SSSR count). The minimum Gasteiger partial charge on any atom is -0.311 e. The van der Waals surface area contributed by atoms with Gasteiger partial charge in [-0.2, -0.15) is 4.39 Å². The van der Waals surface area contributed by atoms with E-state index in [-0.39, 0.29) is 0 Å². The maximum atomic E-state index is 13.4. The molecule has 0 bridgehead atoms. The van der Waals surface area contributed by atoms with Gasteiger partial charge < -0.3 is 5.43 Å². The zero-order chi connectivity index (χ0) is 11.8. The minimum absolute atomic E-state index is 0.420. The molecule has 0 saturated heterocycles. The highest BCUT2D eigenvalue weighted by Gasteiger charge is 2.26. The molecule has 1 aliphatic heterocycles. The van der Waals surface area contributed by atoms with Crippen LogP contribution in [0.25, 0.3) is 0 Å². The van der Waals surface area contributed by atoms with E-state index in [0.717, 1.165) is 5.32 Å². The summed E-state index contributed by atoms with van der Waals surface area (Å²) in [5.41, 5.74) is 6.41. The van der Waals surface area contributed by atoms with Gasteiger partial charge in [0.2, 0.25) is 5.95 Å². The predicted octanol–water partition coefficient (Wildman–Crippen LogP) is 1.77. The molecule has 0 spiro atoms. The Morgan fingerprint density at radius 2 is 2.12 bits per heavy atom. The van der Waals surface area contributed by atoms with Crippen LogP contribution in [0.4, 0.5) is 10.1 Å². The van der Waals surface area contributed by atoms with Crippen molar-refractivity contribution in [2.45, 2.75) is 19.6 Å². The van der Waals surface area contributed by atoms with Gasteiger partial charge in [-0.3, -0.25) is 5.01 Å². The first-order chi connectivity index (χ1) is 7.48. The van der Waals surface area contributed by atoms with Gasteiger partial charge in [-0.05, 0) is 12.1 Å². The van der Waals surface area contributed by atoms with E-state index in [0.29, 0.717) is 5.69 Å². The molecule has 6 heteroatoms. The third kappa shape index (κ3) is 2.07. The molecule has 1 aliphatic rings. The Morgan fingerprint density at radius 1 is 1.38 bits per heavy atom. The van der Waals surface area contributed by atoms with Crippen LogP contribution in [0.5, 0.6) is 0 Å². The molecule has 0 amide bonds. The van der Waals surface area contributed by atoms with E-state index in [1.54, 1.807) is 17.1 Å². The van der Waals surface area contributed by atoms with Gasteiger partial charge in [0.15, 0.2) is 0 Å². The van der Waals surface area contributed by atoms with Crippen LogP contribution >= 0.6 is 0 Å². The largest absolute Gasteiger partial charge is 0.311 e. The fraction of sp³-hybridized carbons (Fsp3) is 0.300. The Morgan fingerprint density at radius 3 is 2.69 bits per heavy atom. The summed E-state index contributed by atoms with van der Waals surface area (Å²) in [6.45, 7) is 6.66. The molecular weight excluding hydrogens is 223 g/mol. The van der Waals surface area contributed by atoms with E-state index < -0.39 is 14.0 Å². The first-order valence-electron chi connectivity index (χ1n) is 5.12. The standard InChI is InChI=1S/C10H15FN4Si/c1-16(2,3)9-7-15(14-13-9)8-5-4-6-12-10(8)11/h4-7,13-14H,1-3H3. The highest BCUT2D eigenvalue weighted by atomic mass is 28.3. The van der Waals surface area contributed by atoms with Gasteiger partial charge in [-0.25, -0.2) is 4.98 Å². The van der Waals surface area contributed by atoms with Crippen molar-refractivity contribution in [1.29, 1.82) is 0 Å². The topological polar surface area (TPSA) is 40.2 Å². The van der Waals surface area contributed by atoms with Gasteiger partial charge in [0.25, 0.3) is 0 Å². The molecule has 0 saturated carbocycles. The van der Waals surface area contributed by atoms with Gasteiger partial charge in [0.05, 0.1) is 0 Å². The van der Waals surface area contributed by atoms with Crippen molar-refractivity contribution in [3.63, 3.8) is 0 Å². The van der Waals surface area contributed by atoms with Crippen molar-refractivity contribution in [2.24, 2.45) is 0 Å². The number of rotatable bonds is 2. The Kier molecular flexibility index (Phi) is 2.69. The molecule has 86 valence electrons. The van der Waals surface area contributed by atoms with Crippen molar-refractivity contribution < 1.29 is 4.39 Å². The van der Waals surface area contributed by atoms with Crippen LogP contribution in [0, 0.1) is 5.95 Å². The fourth-order valence-electron chi connectivity index (χ4n) is 1.38. The molecule has 0 aromatic carbocycles. The van der Waals surface area contributed by atoms with Crippen LogP contribution < -0.4 is 16.0 Å². The molecule has 0 radical (unpaired) electrons. The van der Waals surface area contributed by atoms with Gasteiger partial charge in [-0.15, -0.1) is 5.53 Å². The average Bonchev–Trinajstić information content (AvgIpc) is 2.66. The Labute approximate surface area is 95.1 Å². The zero-order valence-corrected chi connectivity index (χ0v) is 10.6. The lowest BCUT2D eigenvalue weighted by molar-refractivity contribution is 0.569. The molecule has 0 aliphatic carbocycles. The molecule has 16 heavy (non-hydrogen) atoms. The molecule has 2 heterocycles. The van der Waals surface area contributed by atoms with Crippen LogP contribution in [0.15, 0.2) is 29.8 Å². The number of nitrogens with zero attached hydrogens (tertiary/aromatic N) is 2. The first kappa shape index (κ1) is 11.1. The number of aromatic nitrogens is 1. The van der Waals surface area contributed by atoms with Crippen LogP contribution in [0.2, 0.25) is 19.6 Å². The SMILES string of the molecule is C[Si](C)(C)C1=CN(c2cccnc2F)NN1. The highest BCUT2D eigenvalue weighted by Crippen LogP contribution is 2.21. The summed E-state index contributed by atoms with van der Waals surface area (Å²) in [7, 11) is -1.41. The lowest BCUT2D eigenvalue weighted by atomic mass is 10.4. The summed E-state index contributed by atoms with van der Waals surface area (Å²) in [5, 5.41) is 2.76. The van der Waals surface area contributed by atoms with Crippen molar-refractivity contribution >= 4 is 13.8 Å². The molecule has 0 fully saturated rings. The van der Waals surface area contributed by atoms with E-state index in [9.17, 15) is 4.39 Å². The lowest BCUT2D eigenvalue weighted by Gasteiger charge is -2.16. The van der Waals surface area contributed by atoms with E-state index in [4.69, 9.17) is 0 Å². The van der Waals surface area contributed by atoms with E-state index >= 15 is 0 Å². The predicted molar refractivity (Wildman–Crippen MR) is 64.4 cm³/mol. The van der Waals surface area contributed by atoms with Crippen LogP contribution in [-0.4, -0.2) is 13.1 Å². The third-order valence-electron chi connectivity index (χ3n) is 2.38. The number of anilines is 1. The average molecular weight is 238 g/mol. The fourth-order valence-corrected chi connectivity index (χ4v) is 2.33. The number of hydrogen-bond donors (Lipinski definition) is 2. The summed E-state index contributed by atoms with van der Waals surface area (Å²) in [4.78, 5) is 3.62. The van der Waals surface area contributed by atoms with Crippen molar-refractivity contribution in [3.8, 4) is 0 Å². The van der Waals surface area contributed by atoms with E-state index in [1.807, 2.05) is 6.20 Å². The summed E-state index contributed by atoms with van der Waals surface area (Å²) in [5.74, 6) is -0.482. The second kappa shape index (κ2) is 3.87. The number of nitrogens with one attached hydrogen (secondary N) is 2. The van der Waals surface area contributed by atoms with E-state index in [1.165, 1.54) is 6.20 Å². The number of hydrogen-bond acceptors (Lipinski definition) is 4. The molecule has 0 unspecified atom stereocenters. The Hall–Kier alpha value is -1.40. The third-order valence-corrected chi connectivity index (χ3v) is 4.25. The van der Waals surface area contributed by atoms with Gasteiger partial charge in [-0.1, -0.05) is 19.6 Å². The molecule has 2 N–H and O–H groups in total. The van der Waals surface area contributed by atoms with Gasteiger partial charge in [0, 0.05) is 17.7 Å². The van der Waals surface area contributed by atoms with E-state index in [2.05, 4.69) is 35.6 Å². The number of pyridine rings is 1. The first-order valence-corrected chi connectivity index (χ1v) is 8.62. The van der Waals surface area contributed by atoms with Crippen molar-refractivity contribution in [3.05, 3.63) is 35.8 Å². The zero-order valence-electron chi connectivity index (χ0n) is 9.58. The second-order valence-corrected chi connectivity index (χ2v) is 9.75. The van der Waals surface area contributed by atoms with Gasteiger partial charge >= 0.3 is 0 Å². The molecule has 1 aromatic heterocycles. The summed E-state index contributed by atoms with van der Waals surface area (Å²) >= 11 is 0. The number of hydrazine groups is 2. The maximum Gasteiger partial charge on any atom is 0.238 e. The Balaban J connectivity index is 2.27. The van der Waals surface area contributed by atoms with Gasteiger partial charge in [0.1, 0.15) is 13.8 Å². The summed E-state index contributed by atoms with van der Waals surface area (Å²) in [6.07, 6.45) is 3.33. The smallest absolute Gasteiger partial charge is 0.238 e. The lowest BCUT2D eigenvalue weighted by Crippen LogP contribution is -2.40. The quantitative estimate of drug-likeness (QED) is 0.608. The molecular formula is C10H15FN4Si. The normalized spacial score (nSPS) is 16.0. The summed E-state index contributed by atoms with van der Waals surface area (Å²) in [6, 6.07) is 3.39. The molecule has 1 aromatic rings. The highest BCUT2D eigenvalue weighted by molar-refractivity contribution is 6.83. The van der Waals surface area contributed by atoms with Crippen molar-refractivity contribution in [1.82, 2.24) is 15.9 Å². The van der Waals surface area contributed by atoms with Crippen LogP contribution in [-0.2, 0) is 0 Å². The van der Waals surface area contributed by atoms with Crippen LogP contribution in [0.1, 0.15) is 0 Å². The number of halogens is 1. The second-order valence-electron chi connectivity index (χ2n) is 4.71. The molecule has 0 atom stereocenters.